The van der Waals surface area contributed by atoms with E-state index < -0.39 is 11.5 Å². The predicted octanol–water partition coefficient (Wildman–Crippen LogP) is 1.87. The number of ether oxygens (including phenoxy) is 2. The lowest BCUT2D eigenvalue weighted by Gasteiger charge is -2.42. The van der Waals surface area contributed by atoms with Gasteiger partial charge >= 0.3 is 0 Å². The summed E-state index contributed by atoms with van der Waals surface area (Å²) in [5.41, 5.74) is 6.38. The number of fused-ring (bicyclic) bond motifs is 1. The summed E-state index contributed by atoms with van der Waals surface area (Å²) >= 11 is 0. The number of carbonyl (C=O) groups excluding carboxylic acids is 2. The van der Waals surface area contributed by atoms with Gasteiger partial charge in [0.15, 0.2) is 0 Å². The van der Waals surface area contributed by atoms with Crippen LogP contribution in [0.5, 0.6) is 5.75 Å². The molecule has 0 radical (unpaired) electrons. The van der Waals surface area contributed by atoms with Crippen molar-refractivity contribution in [3.05, 3.63) is 60.2 Å². The number of imidazole rings is 1. The van der Waals surface area contributed by atoms with E-state index in [-0.39, 0.29) is 37.9 Å². The smallest absolute Gasteiger partial charge is 0.254 e. The maximum absolute atomic E-state index is 13.1. The van der Waals surface area contributed by atoms with Crippen LogP contribution in [0, 0.1) is 5.82 Å². The Morgan fingerprint density at radius 3 is 2.83 bits per heavy atom. The lowest BCUT2D eigenvalue weighted by atomic mass is 9.97. The lowest BCUT2D eigenvalue weighted by molar-refractivity contribution is -0.142. The van der Waals surface area contributed by atoms with Crippen LogP contribution in [0.1, 0.15) is 16.8 Å². The fourth-order valence-electron chi connectivity index (χ4n) is 3.58. The Bertz CT molecular complexity index is 1070. The van der Waals surface area contributed by atoms with E-state index in [1.165, 1.54) is 24.3 Å². The Kier molecular flexibility index (Phi) is 5.37. The summed E-state index contributed by atoms with van der Waals surface area (Å²) in [5.74, 6) is -0.706. The van der Waals surface area contributed by atoms with Crippen molar-refractivity contribution in [2.45, 2.75) is 12.0 Å². The molecule has 2 amide bonds. The summed E-state index contributed by atoms with van der Waals surface area (Å²) in [5, 5.41) is 0. The fourth-order valence-corrected chi connectivity index (χ4v) is 3.58. The highest BCUT2D eigenvalue weighted by Crippen LogP contribution is 2.26. The Hall–Kier alpha value is -3.46. The van der Waals surface area contributed by atoms with Crippen molar-refractivity contribution in [2.75, 3.05) is 26.3 Å². The molecule has 156 valence electrons. The third kappa shape index (κ3) is 4.25. The second-order valence-electron chi connectivity index (χ2n) is 7.28. The number of aromatic nitrogens is 2. The first-order valence-corrected chi connectivity index (χ1v) is 9.47. The highest BCUT2D eigenvalue weighted by molar-refractivity contribution is 5.97. The van der Waals surface area contributed by atoms with Crippen molar-refractivity contribution in [2.24, 2.45) is 5.73 Å². The van der Waals surface area contributed by atoms with Crippen LogP contribution in [0.3, 0.4) is 0 Å². The molecule has 0 bridgehead atoms. The minimum atomic E-state index is -1.09. The van der Waals surface area contributed by atoms with E-state index in [2.05, 4.69) is 9.97 Å². The van der Waals surface area contributed by atoms with Crippen LogP contribution in [0.4, 0.5) is 4.39 Å². The van der Waals surface area contributed by atoms with E-state index in [0.29, 0.717) is 17.9 Å². The molecule has 3 N–H and O–H groups in total. The van der Waals surface area contributed by atoms with Gasteiger partial charge in [-0.1, -0.05) is 0 Å². The summed E-state index contributed by atoms with van der Waals surface area (Å²) in [7, 11) is 0. The van der Waals surface area contributed by atoms with Crippen LogP contribution in [0.25, 0.3) is 11.0 Å². The highest BCUT2D eigenvalue weighted by Gasteiger charge is 2.41. The number of halogens is 1. The van der Waals surface area contributed by atoms with Crippen LogP contribution in [0.2, 0.25) is 0 Å². The van der Waals surface area contributed by atoms with Crippen molar-refractivity contribution in [3.8, 4) is 5.75 Å². The number of benzene rings is 2. The van der Waals surface area contributed by atoms with E-state index in [9.17, 15) is 14.0 Å². The predicted molar refractivity (Wildman–Crippen MR) is 106 cm³/mol. The van der Waals surface area contributed by atoms with Crippen LogP contribution in [-0.4, -0.2) is 58.6 Å². The zero-order chi connectivity index (χ0) is 21.1. The number of amides is 2. The van der Waals surface area contributed by atoms with Crippen molar-refractivity contribution < 1.29 is 23.5 Å². The molecule has 9 heteroatoms. The summed E-state index contributed by atoms with van der Waals surface area (Å²) < 4.78 is 24.7. The molecule has 0 aliphatic carbocycles. The Morgan fingerprint density at radius 1 is 1.27 bits per heavy atom. The number of morpholine rings is 1. The molecule has 0 spiro atoms. The van der Waals surface area contributed by atoms with Gasteiger partial charge in [0.05, 0.1) is 36.9 Å². The maximum atomic E-state index is 13.1. The van der Waals surface area contributed by atoms with E-state index in [1.807, 2.05) is 0 Å². The van der Waals surface area contributed by atoms with Gasteiger partial charge in [0, 0.05) is 12.1 Å². The first kappa shape index (κ1) is 19.8. The Balaban J connectivity index is 1.52. The second kappa shape index (κ2) is 8.11. The molecular formula is C21H21FN4O4. The SMILES string of the molecule is NC(=O)C[C@]1(COc2ccc(F)cc2)CN(C(=O)c2ccc3nc[nH]c3c2)CCO1. The zero-order valence-corrected chi connectivity index (χ0v) is 16.1. The molecule has 0 saturated carbocycles. The van der Waals surface area contributed by atoms with Gasteiger partial charge in [0.2, 0.25) is 5.91 Å². The van der Waals surface area contributed by atoms with Gasteiger partial charge in [-0.05, 0) is 42.5 Å². The molecule has 1 atom stereocenters. The third-order valence-electron chi connectivity index (χ3n) is 5.01. The van der Waals surface area contributed by atoms with Crippen LogP contribution < -0.4 is 10.5 Å². The fraction of sp³-hybridized carbons (Fsp3) is 0.286. The molecule has 2 aromatic carbocycles. The van der Waals surface area contributed by atoms with Gasteiger partial charge in [-0.15, -0.1) is 0 Å². The van der Waals surface area contributed by atoms with Gasteiger partial charge in [0.25, 0.3) is 5.91 Å². The van der Waals surface area contributed by atoms with E-state index in [4.69, 9.17) is 15.2 Å². The number of nitrogens with one attached hydrogen (secondary N) is 1. The second-order valence-corrected chi connectivity index (χ2v) is 7.28. The molecule has 3 aromatic rings. The van der Waals surface area contributed by atoms with E-state index in [1.54, 1.807) is 29.4 Å². The van der Waals surface area contributed by atoms with Gasteiger partial charge in [-0.25, -0.2) is 9.37 Å². The highest BCUT2D eigenvalue weighted by atomic mass is 19.1. The van der Waals surface area contributed by atoms with Crippen molar-refractivity contribution in [3.63, 3.8) is 0 Å². The minimum Gasteiger partial charge on any atom is -0.490 e. The summed E-state index contributed by atoms with van der Waals surface area (Å²) in [4.78, 5) is 33.6. The molecule has 1 fully saturated rings. The number of carbonyl (C=O) groups is 2. The molecule has 4 rings (SSSR count). The quantitative estimate of drug-likeness (QED) is 0.642. The van der Waals surface area contributed by atoms with Gasteiger partial charge in [0.1, 0.15) is 23.8 Å². The van der Waals surface area contributed by atoms with Crippen molar-refractivity contribution in [1.29, 1.82) is 0 Å². The number of primary amides is 1. The number of nitrogens with zero attached hydrogens (tertiary/aromatic N) is 2. The largest absolute Gasteiger partial charge is 0.490 e. The number of rotatable bonds is 6. The number of aromatic amines is 1. The Morgan fingerprint density at radius 2 is 2.07 bits per heavy atom. The third-order valence-corrected chi connectivity index (χ3v) is 5.01. The zero-order valence-electron chi connectivity index (χ0n) is 16.1. The van der Waals surface area contributed by atoms with E-state index in [0.717, 1.165) is 11.0 Å². The van der Waals surface area contributed by atoms with Gasteiger partial charge in [-0.2, -0.15) is 0 Å². The summed E-state index contributed by atoms with van der Waals surface area (Å²) in [6, 6.07) is 10.8. The first-order valence-electron chi connectivity index (χ1n) is 9.47. The summed E-state index contributed by atoms with van der Waals surface area (Å²) in [6.07, 6.45) is 1.45. The van der Waals surface area contributed by atoms with Crippen LogP contribution in [0.15, 0.2) is 48.8 Å². The average molecular weight is 412 g/mol. The summed E-state index contributed by atoms with van der Waals surface area (Å²) in [6.45, 7) is 0.733. The van der Waals surface area contributed by atoms with Crippen molar-refractivity contribution in [1.82, 2.24) is 14.9 Å². The average Bonchev–Trinajstić information content (AvgIpc) is 3.20. The molecule has 1 aromatic heterocycles. The van der Waals surface area contributed by atoms with E-state index >= 15 is 0 Å². The minimum absolute atomic E-state index is 0.00899. The normalized spacial score (nSPS) is 19.0. The van der Waals surface area contributed by atoms with Crippen LogP contribution in [-0.2, 0) is 9.53 Å². The number of hydrogen-bond donors (Lipinski definition) is 2. The first-order chi connectivity index (χ1) is 14.4. The molecule has 30 heavy (non-hydrogen) atoms. The number of H-pyrrole nitrogens is 1. The number of hydrogen-bond acceptors (Lipinski definition) is 5. The molecule has 1 aliphatic heterocycles. The Labute approximate surface area is 171 Å². The molecule has 2 heterocycles. The monoisotopic (exact) mass is 412 g/mol. The number of nitrogens with two attached hydrogens (primary N) is 1. The van der Waals surface area contributed by atoms with Gasteiger partial charge < -0.3 is 25.1 Å². The van der Waals surface area contributed by atoms with Crippen LogP contribution >= 0.6 is 0 Å². The topological polar surface area (TPSA) is 111 Å². The molecule has 1 aliphatic rings. The molecular weight excluding hydrogens is 391 g/mol. The molecule has 1 saturated heterocycles. The molecule has 8 nitrogen and oxygen atoms in total. The molecule has 0 unspecified atom stereocenters. The lowest BCUT2D eigenvalue weighted by Crippen LogP contribution is -2.58. The van der Waals surface area contributed by atoms with Crippen molar-refractivity contribution >= 4 is 22.8 Å². The maximum Gasteiger partial charge on any atom is 0.254 e. The standard InChI is InChI=1S/C21H21FN4O4/c22-15-2-4-16(5-3-15)29-12-21(10-19(23)27)11-26(7-8-30-21)20(28)14-1-6-17-18(9-14)25-13-24-17/h1-6,9,13H,7-8,10-12H2,(H2,23,27)(H,24,25)/t21-/m1/s1. The van der Waals surface area contributed by atoms with Gasteiger partial charge in [-0.3, -0.25) is 9.59 Å².